The molecule has 1 fully saturated rings. The van der Waals surface area contributed by atoms with Crippen LogP contribution in [0.5, 0.6) is 0 Å². The SMILES string of the molecule is C[C@@H]1O[C@@H](OC(=O)C=Cc2ccccc2)[C@H](O)[C@@H](O)[C@H]1O. The van der Waals surface area contributed by atoms with Crippen molar-refractivity contribution in [1.82, 2.24) is 0 Å². The number of hydrogen-bond acceptors (Lipinski definition) is 6. The molecular formula is C15H18O6. The lowest BCUT2D eigenvalue weighted by atomic mass is 10.0. The molecule has 6 heteroatoms. The smallest absolute Gasteiger partial charge is 0.333 e. The molecule has 0 spiro atoms. The van der Waals surface area contributed by atoms with Crippen LogP contribution in [0.15, 0.2) is 36.4 Å². The third-order valence-corrected chi connectivity index (χ3v) is 3.25. The molecule has 1 aliphatic rings. The Morgan fingerprint density at radius 3 is 2.48 bits per heavy atom. The molecule has 2 rings (SSSR count). The number of carbonyl (C=O) groups is 1. The quantitative estimate of drug-likeness (QED) is 0.539. The van der Waals surface area contributed by atoms with E-state index in [2.05, 4.69) is 0 Å². The Balaban J connectivity index is 1.95. The Hall–Kier alpha value is -1.73. The minimum atomic E-state index is -1.50. The Morgan fingerprint density at radius 2 is 1.81 bits per heavy atom. The Bertz CT molecular complexity index is 500. The van der Waals surface area contributed by atoms with Gasteiger partial charge in [-0.3, -0.25) is 0 Å². The molecule has 3 N–H and O–H groups in total. The van der Waals surface area contributed by atoms with E-state index in [0.29, 0.717) is 0 Å². The van der Waals surface area contributed by atoms with Crippen LogP contribution in [0.1, 0.15) is 12.5 Å². The molecule has 0 radical (unpaired) electrons. The minimum absolute atomic E-state index is 0.710. The predicted molar refractivity (Wildman–Crippen MR) is 73.9 cm³/mol. The predicted octanol–water partition coefficient (Wildman–Crippen LogP) is 0.0705. The lowest BCUT2D eigenvalue weighted by Crippen LogP contribution is -2.57. The van der Waals surface area contributed by atoms with Crippen LogP contribution in [0, 0.1) is 0 Å². The highest BCUT2D eigenvalue weighted by molar-refractivity contribution is 5.87. The van der Waals surface area contributed by atoms with Crippen LogP contribution in [0.25, 0.3) is 6.08 Å². The standard InChI is InChI=1S/C15H18O6/c1-9-12(17)13(18)14(19)15(20-9)21-11(16)8-7-10-5-3-2-4-6-10/h2-9,12-15,17-19H,1H3/t9-,12-,13-,14+,15-/m0/s1. The van der Waals surface area contributed by atoms with Crippen molar-refractivity contribution in [3.63, 3.8) is 0 Å². The van der Waals surface area contributed by atoms with Gasteiger partial charge in [0.25, 0.3) is 0 Å². The monoisotopic (exact) mass is 294 g/mol. The molecule has 1 aromatic rings. The molecule has 0 saturated carbocycles. The van der Waals surface area contributed by atoms with E-state index in [-0.39, 0.29) is 0 Å². The van der Waals surface area contributed by atoms with E-state index in [9.17, 15) is 20.1 Å². The number of aliphatic hydroxyl groups is 3. The van der Waals surface area contributed by atoms with Crippen molar-refractivity contribution in [2.24, 2.45) is 0 Å². The summed E-state index contributed by atoms with van der Waals surface area (Å²) in [6.07, 6.45) is -3.45. The lowest BCUT2D eigenvalue weighted by Gasteiger charge is -2.38. The van der Waals surface area contributed by atoms with E-state index in [1.54, 1.807) is 6.08 Å². The van der Waals surface area contributed by atoms with Crippen molar-refractivity contribution < 1.29 is 29.6 Å². The van der Waals surface area contributed by atoms with Gasteiger partial charge in [0.05, 0.1) is 6.10 Å². The van der Waals surface area contributed by atoms with Crippen molar-refractivity contribution in [2.45, 2.75) is 37.6 Å². The molecule has 0 unspecified atom stereocenters. The molecule has 1 saturated heterocycles. The summed E-state index contributed by atoms with van der Waals surface area (Å²) in [6.45, 7) is 1.51. The van der Waals surface area contributed by atoms with Gasteiger partial charge in [-0.1, -0.05) is 30.3 Å². The largest absolute Gasteiger partial charge is 0.430 e. The highest BCUT2D eigenvalue weighted by Crippen LogP contribution is 2.21. The molecule has 21 heavy (non-hydrogen) atoms. The highest BCUT2D eigenvalue weighted by Gasteiger charge is 2.43. The van der Waals surface area contributed by atoms with E-state index in [0.717, 1.165) is 5.56 Å². The third-order valence-electron chi connectivity index (χ3n) is 3.25. The zero-order valence-corrected chi connectivity index (χ0v) is 11.5. The van der Waals surface area contributed by atoms with Gasteiger partial charge in [-0.2, -0.15) is 0 Å². The first-order chi connectivity index (χ1) is 9.99. The van der Waals surface area contributed by atoms with Gasteiger partial charge in [-0.25, -0.2) is 4.79 Å². The number of esters is 1. The zero-order valence-electron chi connectivity index (χ0n) is 11.5. The third kappa shape index (κ3) is 3.89. The van der Waals surface area contributed by atoms with Crippen molar-refractivity contribution in [2.75, 3.05) is 0 Å². The van der Waals surface area contributed by atoms with Crippen LogP contribution >= 0.6 is 0 Å². The van der Waals surface area contributed by atoms with Crippen molar-refractivity contribution >= 4 is 12.0 Å². The van der Waals surface area contributed by atoms with Gasteiger partial charge in [0.2, 0.25) is 6.29 Å². The minimum Gasteiger partial charge on any atom is -0.430 e. The fourth-order valence-corrected chi connectivity index (χ4v) is 1.99. The van der Waals surface area contributed by atoms with Crippen molar-refractivity contribution in [3.8, 4) is 0 Å². The van der Waals surface area contributed by atoms with E-state index in [1.165, 1.54) is 13.0 Å². The molecule has 0 amide bonds. The van der Waals surface area contributed by atoms with Gasteiger partial charge in [-0.15, -0.1) is 0 Å². The van der Waals surface area contributed by atoms with E-state index >= 15 is 0 Å². The van der Waals surface area contributed by atoms with Gasteiger partial charge in [0.1, 0.15) is 18.3 Å². The summed E-state index contributed by atoms with van der Waals surface area (Å²) in [4.78, 5) is 11.7. The molecule has 0 aromatic heterocycles. The average molecular weight is 294 g/mol. The van der Waals surface area contributed by atoms with Crippen LogP contribution in [0.2, 0.25) is 0 Å². The second-order valence-electron chi connectivity index (χ2n) is 4.86. The fraction of sp³-hybridized carbons (Fsp3) is 0.400. The molecule has 6 nitrogen and oxygen atoms in total. The Morgan fingerprint density at radius 1 is 1.14 bits per heavy atom. The topological polar surface area (TPSA) is 96.2 Å². The van der Waals surface area contributed by atoms with Crippen LogP contribution in [-0.4, -0.2) is 52.0 Å². The average Bonchev–Trinajstić information content (AvgIpc) is 2.49. The molecule has 1 aliphatic heterocycles. The summed E-state index contributed by atoms with van der Waals surface area (Å²) < 4.78 is 10.1. The summed E-state index contributed by atoms with van der Waals surface area (Å²) in [5, 5.41) is 28.9. The maximum atomic E-state index is 11.7. The number of benzene rings is 1. The second kappa shape index (κ2) is 6.82. The van der Waals surface area contributed by atoms with E-state index in [4.69, 9.17) is 9.47 Å². The van der Waals surface area contributed by atoms with Gasteiger partial charge in [-0.05, 0) is 18.6 Å². The van der Waals surface area contributed by atoms with Gasteiger partial charge < -0.3 is 24.8 Å². The molecule has 1 heterocycles. The fourth-order valence-electron chi connectivity index (χ4n) is 1.99. The number of hydrogen-bond donors (Lipinski definition) is 3. The van der Waals surface area contributed by atoms with Crippen molar-refractivity contribution in [1.29, 1.82) is 0 Å². The molecule has 1 aromatic carbocycles. The number of aliphatic hydroxyl groups excluding tert-OH is 3. The van der Waals surface area contributed by atoms with Gasteiger partial charge >= 0.3 is 5.97 Å². The summed E-state index contributed by atoms with van der Waals surface area (Å²) in [5.41, 5.74) is 0.823. The van der Waals surface area contributed by atoms with Crippen molar-refractivity contribution in [3.05, 3.63) is 42.0 Å². The summed E-state index contributed by atoms with van der Waals surface area (Å²) in [7, 11) is 0. The molecule has 0 bridgehead atoms. The van der Waals surface area contributed by atoms with E-state index in [1.807, 2.05) is 30.3 Å². The number of ether oxygens (including phenoxy) is 2. The molecule has 5 atom stereocenters. The second-order valence-corrected chi connectivity index (χ2v) is 4.86. The Labute approximate surface area is 122 Å². The van der Waals surface area contributed by atoms with Crippen LogP contribution in [-0.2, 0) is 14.3 Å². The zero-order chi connectivity index (χ0) is 15.4. The number of carbonyl (C=O) groups excluding carboxylic acids is 1. The Kier molecular flexibility index (Phi) is 5.08. The van der Waals surface area contributed by atoms with Crippen LogP contribution in [0.4, 0.5) is 0 Å². The highest BCUT2D eigenvalue weighted by atomic mass is 16.7. The summed E-state index contributed by atoms with van der Waals surface area (Å²) in [6, 6.07) is 9.16. The first-order valence-electron chi connectivity index (χ1n) is 6.62. The number of rotatable bonds is 3. The molecule has 0 aliphatic carbocycles. The van der Waals surface area contributed by atoms with Gasteiger partial charge in [0, 0.05) is 6.08 Å². The normalized spacial score (nSPS) is 33.0. The van der Waals surface area contributed by atoms with Crippen LogP contribution in [0.3, 0.4) is 0 Å². The lowest BCUT2D eigenvalue weighted by molar-refractivity contribution is -0.283. The van der Waals surface area contributed by atoms with Gasteiger partial charge in [0.15, 0.2) is 0 Å². The van der Waals surface area contributed by atoms with Crippen LogP contribution < -0.4 is 0 Å². The first kappa shape index (κ1) is 15.7. The maximum Gasteiger partial charge on any atom is 0.333 e. The first-order valence-corrected chi connectivity index (χ1v) is 6.62. The molecular weight excluding hydrogens is 276 g/mol. The molecule has 114 valence electrons. The summed E-state index contributed by atoms with van der Waals surface area (Å²) >= 11 is 0. The summed E-state index contributed by atoms with van der Waals surface area (Å²) in [5.74, 6) is -0.710. The maximum absolute atomic E-state index is 11.7. The van der Waals surface area contributed by atoms with E-state index < -0.39 is 36.7 Å².